The summed E-state index contributed by atoms with van der Waals surface area (Å²) in [5.74, 6) is -0.476. The zero-order valence-corrected chi connectivity index (χ0v) is 13.0. The van der Waals surface area contributed by atoms with Crippen molar-refractivity contribution < 1.29 is 9.59 Å². The number of hydrogen-bond donors (Lipinski definition) is 3. The quantitative estimate of drug-likeness (QED) is 0.582. The molecule has 21 heavy (non-hydrogen) atoms. The maximum Gasteiger partial charge on any atom is 0.251 e. The van der Waals surface area contributed by atoms with Crippen LogP contribution in [0.4, 0.5) is 10.7 Å². The van der Waals surface area contributed by atoms with Crippen molar-refractivity contribution in [2.75, 3.05) is 16.8 Å². The normalized spacial score (nSPS) is 10.3. The summed E-state index contributed by atoms with van der Waals surface area (Å²) in [5, 5.41) is 4.91. The molecule has 2 rings (SSSR count). The molecule has 0 aliphatic carbocycles. The number of nitrogens with two attached hydrogens (primary N) is 2. The molecule has 2 aromatic rings. The maximum atomic E-state index is 11.9. The van der Waals surface area contributed by atoms with Crippen molar-refractivity contribution >= 4 is 45.6 Å². The number of thiophene rings is 1. The minimum atomic E-state index is -0.548. The number of amides is 2. The first-order valence-corrected chi connectivity index (χ1v) is 8.00. The van der Waals surface area contributed by atoms with Crippen molar-refractivity contribution in [1.29, 1.82) is 0 Å². The first-order chi connectivity index (χ1) is 9.97. The van der Waals surface area contributed by atoms with Crippen LogP contribution in [0.5, 0.6) is 0 Å². The number of nitrogen functional groups attached to an aromatic ring is 1. The van der Waals surface area contributed by atoms with Gasteiger partial charge in [0.05, 0.1) is 11.3 Å². The van der Waals surface area contributed by atoms with Crippen LogP contribution in [0, 0.1) is 6.92 Å². The molecule has 0 saturated carbocycles. The molecule has 0 bridgehead atoms. The Morgan fingerprint density at radius 2 is 2.10 bits per heavy atom. The van der Waals surface area contributed by atoms with E-state index in [1.54, 1.807) is 17.5 Å². The van der Waals surface area contributed by atoms with Gasteiger partial charge < -0.3 is 16.8 Å². The number of primary amides is 1. The third-order valence-corrected chi connectivity index (χ3v) is 4.75. The van der Waals surface area contributed by atoms with Gasteiger partial charge in [-0.2, -0.15) is 0 Å². The molecule has 0 unspecified atom stereocenters. The van der Waals surface area contributed by atoms with Crippen LogP contribution in [0.2, 0.25) is 0 Å². The molecule has 0 aliphatic rings. The summed E-state index contributed by atoms with van der Waals surface area (Å²) in [6, 6.07) is 7.16. The fraction of sp³-hybridized carbons (Fsp3) is 0.143. The largest absolute Gasteiger partial charge is 0.399 e. The molecule has 2 amide bonds. The monoisotopic (exact) mass is 321 g/mol. The molecule has 0 radical (unpaired) electrons. The highest BCUT2D eigenvalue weighted by molar-refractivity contribution is 8.00. The summed E-state index contributed by atoms with van der Waals surface area (Å²) >= 11 is 2.70. The zero-order chi connectivity index (χ0) is 15.4. The second-order valence-electron chi connectivity index (χ2n) is 4.39. The molecule has 7 heteroatoms. The van der Waals surface area contributed by atoms with Gasteiger partial charge in [0.15, 0.2) is 0 Å². The minimum Gasteiger partial charge on any atom is -0.399 e. The van der Waals surface area contributed by atoms with Crippen LogP contribution >= 0.6 is 23.1 Å². The summed E-state index contributed by atoms with van der Waals surface area (Å²) in [5.41, 5.74) is 13.0. The molecular formula is C14H15N3O2S2. The Hall–Kier alpha value is -1.99. The first-order valence-electron chi connectivity index (χ1n) is 6.13. The Morgan fingerprint density at radius 1 is 1.33 bits per heavy atom. The van der Waals surface area contributed by atoms with E-state index in [2.05, 4.69) is 5.32 Å². The van der Waals surface area contributed by atoms with E-state index in [1.165, 1.54) is 23.1 Å². The van der Waals surface area contributed by atoms with Gasteiger partial charge in [-0.1, -0.05) is 0 Å². The molecular weight excluding hydrogens is 306 g/mol. The number of thioether (sulfide) groups is 1. The van der Waals surface area contributed by atoms with Crippen LogP contribution in [0.1, 0.15) is 15.9 Å². The molecule has 110 valence electrons. The Labute approximate surface area is 130 Å². The van der Waals surface area contributed by atoms with Gasteiger partial charge in [0, 0.05) is 10.6 Å². The number of benzene rings is 1. The summed E-state index contributed by atoms with van der Waals surface area (Å²) in [6.45, 7) is 1.95. The zero-order valence-electron chi connectivity index (χ0n) is 11.4. The molecule has 0 atom stereocenters. The first kappa shape index (κ1) is 15.4. The third kappa shape index (κ3) is 3.99. The fourth-order valence-corrected chi connectivity index (χ4v) is 3.36. The average Bonchev–Trinajstić information content (AvgIpc) is 2.86. The van der Waals surface area contributed by atoms with Gasteiger partial charge in [0.1, 0.15) is 5.00 Å². The number of aryl methyl sites for hydroxylation is 1. The Balaban J connectivity index is 1.96. The van der Waals surface area contributed by atoms with Crippen molar-refractivity contribution in [1.82, 2.24) is 0 Å². The standard InChI is InChI=1S/C14H15N3O2S2/c1-8-6-9(15)2-3-11(8)21-7-12(18)17-14-10(13(16)19)4-5-20-14/h2-6H,7,15H2,1H3,(H2,16,19)(H,17,18). The summed E-state index contributed by atoms with van der Waals surface area (Å²) in [4.78, 5) is 24.1. The fourth-order valence-electron chi connectivity index (χ4n) is 1.74. The van der Waals surface area contributed by atoms with Gasteiger partial charge in [-0.3, -0.25) is 9.59 Å². The highest BCUT2D eigenvalue weighted by atomic mass is 32.2. The molecule has 1 aromatic carbocycles. The predicted octanol–water partition coefficient (Wildman–Crippen LogP) is 2.47. The van der Waals surface area contributed by atoms with Crippen LogP contribution in [0.3, 0.4) is 0 Å². The number of nitrogens with one attached hydrogen (secondary N) is 1. The van der Waals surface area contributed by atoms with Gasteiger partial charge in [-0.25, -0.2) is 0 Å². The summed E-state index contributed by atoms with van der Waals surface area (Å²) in [7, 11) is 0. The Kier molecular flexibility index (Phi) is 4.87. The van der Waals surface area contributed by atoms with E-state index in [1.807, 2.05) is 19.1 Å². The predicted molar refractivity (Wildman–Crippen MR) is 87.8 cm³/mol. The number of carbonyl (C=O) groups is 2. The van der Waals surface area contributed by atoms with Crippen LogP contribution < -0.4 is 16.8 Å². The van der Waals surface area contributed by atoms with Crippen molar-refractivity contribution in [2.24, 2.45) is 5.73 Å². The van der Waals surface area contributed by atoms with E-state index in [0.717, 1.165) is 10.5 Å². The topological polar surface area (TPSA) is 98.2 Å². The molecule has 5 N–H and O–H groups in total. The van der Waals surface area contributed by atoms with E-state index >= 15 is 0 Å². The van der Waals surface area contributed by atoms with Gasteiger partial charge >= 0.3 is 0 Å². The molecule has 0 saturated heterocycles. The van der Waals surface area contributed by atoms with Gasteiger partial charge in [0.2, 0.25) is 5.91 Å². The number of carbonyl (C=O) groups excluding carboxylic acids is 2. The number of anilines is 2. The lowest BCUT2D eigenvalue weighted by atomic mass is 10.2. The summed E-state index contributed by atoms with van der Waals surface area (Å²) in [6.07, 6.45) is 0. The lowest BCUT2D eigenvalue weighted by molar-refractivity contribution is -0.113. The maximum absolute atomic E-state index is 11.9. The lowest BCUT2D eigenvalue weighted by Crippen LogP contribution is -2.17. The number of hydrogen-bond acceptors (Lipinski definition) is 5. The second-order valence-corrected chi connectivity index (χ2v) is 6.32. The SMILES string of the molecule is Cc1cc(N)ccc1SCC(=O)Nc1sccc1C(N)=O. The average molecular weight is 321 g/mol. The Bertz CT molecular complexity index is 683. The van der Waals surface area contributed by atoms with Crippen LogP contribution in [0.15, 0.2) is 34.5 Å². The minimum absolute atomic E-state index is 0.179. The molecule has 0 spiro atoms. The summed E-state index contributed by atoms with van der Waals surface area (Å²) < 4.78 is 0. The van der Waals surface area contributed by atoms with E-state index in [0.29, 0.717) is 16.3 Å². The molecule has 0 fully saturated rings. The molecule has 0 aliphatic heterocycles. The molecule has 5 nitrogen and oxygen atoms in total. The lowest BCUT2D eigenvalue weighted by Gasteiger charge is -2.07. The smallest absolute Gasteiger partial charge is 0.251 e. The van der Waals surface area contributed by atoms with Gasteiger partial charge in [-0.05, 0) is 42.1 Å². The van der Waals surface area contributed by atoms with E-state index < -0.39 is 5.91 Å². The van der Waals surface area contributed by atoms with Crippen LogP contribution in [-0.2, 0) is 4.79 Å². The van der Waals surface area contributed by atoms with Crippen molar-refractivity contribution in [3.8, 4) is 0 Å². The molecule has 1 heterocycles. The number of rotatable bonds is 5. The van der Waals surface area contributed by atoms with Gasteiger partial charge in [0.25, 0.3) is 5.91 Å². The van der Waals surface area contributed by atoms with Crippen molar-refractivity contribution in [3.05, 3.63) is 40.8 Å². The second kappa shape index (κ2) is 6.64. The van der Waals surface area contributed by atoms with Crippen LogP contribution in [-0.4, -0.2) is 17.6 Å². The molecule has 1 aromatic heterocycles. The highest BCUT2D eigenvalue weighted by Crippen LogP contribution is 2.26. The highest BCUT2D eigenvalue weighted by Gasteiger charge is 2.13. The van der Waals surface area contributed by atoms with Crippen LogP contribution in [0.25, 0.3) is 0 Å². The van der Waals surface area contributed by atoms with Crippen molar-refractivity contribution in [3.63, 3.8) is 0 Å². The van der Waals surface area contributed by atoms with E-state index in [4.69, 9.17) is 11.5 Å². The van der Waals surface area contributed by atoms with Crippen molar-refractivity contribution in [2.45, 2.75) is 11.8 Å². The van der Waals surface area contributed by atoms with E-state index in [9.17, 15) is 9.59 Å². The van der Waals surface area contributed by atoms with E-state index in [-0.39, 0.29) is 11.7 Å². The third-order valence-electron chi connectivity index (χ3n) is 2.74. The van der Waals surface area contributed by atoms with Gasteiger partial charge in [-0.15, -0.1) is 23.1 Å². The Morgan fingerprint density at radius 3 is 2.76 bits per heavy atom.